The summed E-state index contributed by atoms with van der Waals surface area (Å²) in [5, 5.41) is 2.86. The number of ether oxygens (including phenoxy) is 1. The van der Waals surface area contributed by atoms with Crippen molar-refractivity contribution in [2.75, 3.05) is 18.6 Å². The fraction of sp³-hybridized carbons (Fsp3) is 0.238. The molecule has 0 bridgehead atoms. The number of carbonyl (C=O) groups is 2. The molecule has 2 aromatic rings. The molecule has 1 N–H and O–H groups in total. The van der Waals surface area contributed by atoms with Crippen LogP contribution >= 0.6 is 0 Å². The lowest BCUT2D eigenvalue weighted by atomic mass is 10.0. The van der Waals surface area contributed by atoms with Gasteiger partial charge in [0.15, 0.2) is 0 Å². The van der Waals surface area contributed by atoms with Crippen LogP contribution in [-0.4, -0.2) is 25.5 Å². The number of anilines is 1. The molecule has 0 aliphatic heterocycles. The van der Waals surface area contributed by atoms with E-state index in [0.29, 0.717) is 6.54 Å². The van der Waals surface area contributed by atoms with Crippen LogP contribution in [0.2, 0.25) is 0 Å². The Kier molecular flexibility index (Phi) is 6.97. The Bertz CT molecular complexity index is 742. The molecule has 2 amide bonds. The highest BCUT2D eigenvalue weighted by Crippen LogP contribution is 2.23. The molecule has 0 aliphatic rings. The van der Waals surface area contributed by atoms with Crippen molar-refractivity contribution in [1.29, 1.82) is 0 Å². The zero-order valence-corrected chi connectivity index (χ0v) is 15.1. The lowest BCUT2D eigenvalue weighted by Gasteiger charge is -2.25. The second-order valence-electron chi connectivity index (χ2n) is 5.86. The maximum atomic E-state index is 12.9. The SMILES string of the molecule is C=CCN(C(=O)CC(NC(C)=O)c1ccc(OC)cc1)c1ccccc1. The highest BCUT2D eigenvalue weighted by Gasteiger charge is 2.22. The fourth-order valence-corrected chi connectivity index (χ4v) is 2.71. The minimum absolute atomic E-state index is 0.0920. The van der Waals surface area contributed by atoms with Gasteiger partial charge in [-0.3, -0.25) is 9.59 Å². The molecular weight excluding hydrogens is 328 g/mol. The van der Waals surface area contributed by atoms with Crippen molar-refractivity contribution >= 4 is 17.5 Å². The monoisotopic (exact) mass is 352 g/mol. The zero-order chi connectivity index (χ0) is 18.9. The van der Waals surface area contributed by atoms with Crippen LogP contribution in [0, 0.1) is 0 Å². The number of nitrogens with zero attached hydrogens (tertiary/aromatic N) is 1. The van der Waals surface area contributed by atoms with Crippen molar-refractivity contribution < 1.29 is 14.3 Å². The van der Waals surface area contributed by atoms with Gasteiger partial charge in [0.1, 0.15) is 5.75 Å². The molecule has 1 unspecified atom stereocenters. The molecule has 1 atom stereocenters. The quantitative estimate of drug-likeness (QED) is 0.740. The molecule has 2 rings (SSSR count). The summed E-state index contributed by atoms with van der Waals surface area (Å²) in [6.07, 6.45) is 1.83. The number of methoxy groups -OCH3 is 1. The Hall–Kier alpha value is -3.08. The maximum absolute atomic E-state index is 12.9. The van der Waals surface area contributed by atoms with E-state index in [9.17, 15) is 9.59 Å². The molecule has 0 heterocycles. The van der Waals surface area contributed by atoms with Gasteiger partial charge in [0.05, 0.1) is 19.6 Å². The lowest BCUT2D eigenvalue weighted by Crippen LogP contribution is -2.36. The first kappa shape index (κ1) is 19.2. The second kappa shape index (κ2) is 9.42. The van der Waals surface area contributed by atoms with Gasteiger partial charge in [0.2, 0.25) is 11.8 Å². The third-order valence-electron chi connectivity index (χ3n) is 3.96. The smallest absolute Gasteiger partial charge is 0.229 e. The van der Waals surface area contributed by atoms with Crippen LogP contribution in [0.4, 0.5) is 5.69 Å². The van der Waals surface area contributed by atoms with Crippen molar-refractivity contribution in [2.45, 2.75) is 19.4 Å². The largest absolute Gasteiger partial charge is 0.497 e. The van der Waals surface area contributed by atoms with Crippen LogP contribution in [0.15, 0.2) is 67.3 Å². The van der Waals surface area contributed by atoms with Gasteiger partial charge in [0.25, 0.3) is 0 Å². The maximum Gasteiger partial charge on any atom is 0.229 e. The highest BCUT2D eigenvalue weighted by molar-refractivity contribution is 5.94. The molecule has 0 radical (unpaired) electrons. The van der Waals surface area contributed by atoms with Crippen molar-refractivity contribution in [1.82, 2.24) is 5.32 Å². The Morgan fingerprint density at radius 3 is 2.35 bits per heavy atom. The van der Waals surface area contributed by atoms with E-state index in [1.165, 1.54) is 6.92 Å². The Morgan fingerprint density at radius 2 is 1.81 bits per heavy atom. The van der Waals surface area contributed by atoms with Gasteiger partial charge in [-0.05, 0) is 29.8 Å². The Labute approximate surface area is 154 Å². The zero-order valence-electron chi connectivity index (χ0n) is 15.1. The number of para-hydroxylation sites is 1. The van der Waals surface area contributed by atoms with Crippen LogP contribution in [0.3, 0.4) is 0 Å². The summed E-state index contributed by atoms with van der Waals surface area (Å²) in [6.45, 7) is 5.58. The van der Waals surface area contributed by atoms with E-state index in [2.05, 4.69) is 11.9 Å². The van der Waals surface area contributed by atoms with Crippen LogP contribution in [0.5, 0.6) is 5.75 Å². The van der Waals surface area contributed by atoms with Crippen LogP contribution in [0.25, 0.3) is 0 Å². The summed E-state index contributed by atoms with van der Waals surface area (Å²) >= 11 is 0. The van der Waals surface area contributed by atoms with Gasteiger partial charge >= 0.3 is 0 Å². The van der Waals surface area contributed by atoms with Gasteiger partial charge in [-0.25, -0.2) is 0 Å². The van der Waals surface area contributed by atoms with Crippen LogP contribution < -0.4 is 15.0 Å². The number of benzene rings is 2. The van der Waals surface area contributed by atoms with Gasteiger partial charge < -0.3 is 15.0 Å². The number of carbonyl (C=O) groups excluding carboxylic acids is 2. The average Bonchev–Trinajstić information content (AvgIpc) is 2.66. The van der Waals surface area contributed by atoms with Crippen molar-refractivity contribution in [2.24, 2.45) is 0 Å². The van der Waals surface area contributed by atoms with E-state index in [1.54, 1.807) is 18.1 Å². The number of nitrogens with one attached hydrogen (secondary N) is 1. The minimum Gasteiger partial charge on any atom is -0.497 e. The summed E-state index contributed by atoms with van der Waals surface area (Å²) in [6, 6.07) is 16.3. The first-order chi connectivity index (χ1) is 12.5. The minimum atomic E-state index is -0.415. The summed E-state index contributed by atoms with van der Waals surface area (Å²) in [5.74, 6) is 0.443. The molecule has 0 saturated carbocycles. The van der Waals surface area contributed by atoms with Crippen molar-refractivity contribution in [3.05, 3.63) is 72.8 Å². The van der Waals surface area contributed by atoms with Gasteiger partial charge in [-0.15, -0.1) is 6.58 Å². The molecule has 5 heteroatoms. The molecule has 2 aromatic carbocycles. The third kappa shape index (κ3) is 5.21. The average molecular weight is 352 g/mol. The van der Waals surface area contributed by atoms with E-state index < -0.39 is 6.04 Å². The Balaban J connectivity index is 2.23. The number of hydrogen-bond donors (Lipinski definition) is 1. The van der Waals surface area contributed by atoms with E-state index in [-0.39, 0.29) is 18.2 Å². The summed E-state index contributed by atoms with van der Waals surface area (Å²) in [7, 11) is 1.59. The molecular formula is C21H24N2O3. The van der Waals surface area contributed by atoms with Crippen molar-refractivity contribution in [3.8, 4) is 5.75 Å². The fourth-order valence-electron chi connectivity index (χ4n) is 2.71. The van der Waals surface area contributed by atoms with Crippen LogP contribution in [0.1, 0.15) is 24.9 Å². The van der Waals surface area contributed by atoms with E-state index in [0.717, 1.165) is 17.0 Å². The van der Waals surface area contributed by atoms with Crippen LogP contribution in [-0.2, 0) is 9.59 Å². The lowest BCUT2D eigenvalue weighted by molar-refractivity contribution is -0.121. The van der Waals surface area contributed by atoms with E-state index in [1.807, 2.05) is 54.6 Å². The van der Waals surface area contributed by atoms with Crippen molar-refractivity contribution in [3.63, 3.8) is 0 Å². The molecule has 5 nitrogen and oxygen atoms in total. The van der Waals surface area contributed by atoms with Gasteiger partial charge in [-0.1, -0.05) is 36.4 Å². The normalized spacial score (nSPS) is 11.3. The van der Waals surface area contributed by atoms with E-state index in [4.69, 9.17) is 4.74 Å². The first-order valence-corrected chi connectivity index (χ1v) is 8.42. The second-order valence-corrected chi connectivity index (χ2v) is 5.86. The molecule has 0 saturated heterocycles. The molecule has 0 aromatic heterocycles. The van der Waals surface area contributed by atoms with Gasteiger partial charge in [-0.2, -0.15) is 0 Å². The molecule has 136 valence electrons. The molecule has 0 aliphatic carbocycles. The van der Waals surface area contributed by atoms with E-state index >= 15 is 0 Å². The highest BCUT2D eigenvalue weighted by atomic mass is 16.5. The standard InChI is InChI=1S/C21H24N2O3/c1-4-14-23(18-8-6-5-7-9-18)21(25)15-20(22-16(2)24)17-10-12-19(26-3)13-11-17/h4-13,20H,1,14-15H2,2-3H3,(H,22,24). The summed E-state index contributed by atoms with van der Waals surface area (Å²) < 4.78 is 5.17. The molecule has 26 heavy (non-hydrogen) atoms. The third-order valence-corrected chi connectivity index (χ3v) is 3.96. The predicted octanol–water partition coefficient (Wildman–Crippen LogP) is 3.48. The van der Waals surface area contributed by atoms with Gasteiger partial charge in [0, 0.05) is 19.2 Å². The first-order valence-electron chi connectivity index (χ1n) is 8.42. The summed E-state index contributed by atoms with van der Waals surface area (Å²) in [5.41, 5.74) is 1.65. The number of hydrogen-bond acceptors (Lipinski definition) is 3. The predicted molar refractivity (Wildman–Crippen MR) is 103 cm³/mol. The molecule has 0 spiro atoms. The topological polar surface area (TPSA) is 58.6 Å². The number of amides is 2. The number of rotatable bonds is 8. The Morgan fingerprint density at radius 1 is 1.15 bits per heavy atom. The molecule has 0 fully saturated rings. The summed E-state index contributed by atoms with van der Waals surface area (Å²) in [4.78, 5) is 26.2.